The van der Waals surface area contributed by atoms with Crippen LogP contribution in [-0.2, 0) is 9.53 Å². The summed E-state index contributed by atoms with van der Waals surface area (Å²) >= 11 is 0. The Balaban J connectivity index is 2.99. The Labute approximate surface area is 80.0 Å². The van der Waals surface area contributed by atoms with Gasteiger partial charge in [-0.25, -0.2) is 0 Å². The molecule has 2 nitrogen and oxygen atoms in total. The zero-order valence-electron chi connectivity index (χ0n) is 8.72. The van der Waals surface area contributed by atoms with E-state index in [-0.39, 0.29) is 5.78 Å². The third-order valence-corrected chi connectivity index (χ3v) is 3.01. The van der Waals surface area contributed by atoms with Crippen molar-refractivity contribution < 1.29 is 9.53 Å². The van der Waals surface area contributed by atoms with E-state index in [9.17, 15) is 4.79 Å². The van der Waals surface area contributed by atoms with Crippen LogP contribution in [0.15, 0.2) is 11.6 Å². The van der Waals surface area contributed by atoms with Crippen molar-refractivity contribution in [2.45, 2.75) is 45.1 Å². The lowest BCUT2D eigenvalue weighted by atomic mass is 9.77. The lowest BCUT2D eigenvalue weighted by Gasteiger charge is -2.36. The molecule has 0 aromatic heterocycles. The summed E-state index contributed by atoms with van der Waals surface area (Å²) < 4.78 is 5.43. The van der Waals surface area contributed by atoms with Crippen molar-refractivity contribution in [3.63, 3.8) is 0 Å². The number of carbonyl (C=O) groups excluding carboxylic acids is 1. The molecule has 0 amide bonds. The molecule has 0 heterocycles. The van der Waals surface area contributed by atoms with Gasteiger partial charge in [-0.1, -0.05) is 6.08 Å². The summed E-state index contributed by atoms with van der Waals surface area (Å²) in [4.78, 5) is 11.6. The molecule has 0 N–H and O–H groups in total. The van der Waals surface area contributed by atoms with E-state index in [0.29, 0.717) is 0 Å². The molecular weight excluding hydrogens is 164 g/mol. The molecule has 2 heteroatoms. The third-order valence-electron chi connectivity index (χ3n) is 3.01. The van der Waals surface area contributed by atoms with Crippen LogP contribution in [0.2, 0.25) is 0 Å². The molecule has 1 rings (SSSR count). The summed E-state index contributed by atoms with van der Waals surface area (Å²) in [6.45, 7) is 3.61. The number of hydrogen-bond acceptors (Lipinski definition) is 2. The quantitative estimate of drug-likeness (QED) is 0.613. The molecule has 0 aliphatic heterocycles. The number of Topliss-reactive ketones (excluding diaryl/α,β-unsaturated/α-hetero) is 1. The van der Waals surface area contributed by atoms with Crippen molar-refractivity contribution in [2.75, 3.05) is 7.11 Å². The van der Waals surface area contributed by atoms with E-state index in [0.717, 1.165) is 24.8 Å². The molecule has 1 unspecified atom stereocenters. The Kier molecular flexibility index (Phi) is 3.26. The van der Waals surface area contributed by atoms with Gasteiger partial charge in [0.15, 0.2) is 5.78 Å². The Hall–Kier alpha value is -0.630. The average molecular weight is 182 g/mol. The van der Waals surface area contributed by atoms with E-state index < -0.39 is 5.60 Å². The van der Waals surface area contributed by atoms with Crippen LogP contribution in [-0.4, -0.2) is 18.5 Å². The molecule has 0 bridgehead atoms. The van der Waals surface area contributed by atoms with Crippen LogP contribution in [0.25, 0.3) is 0 Å². The van der Waals surface area contributed by atoms with Crippen LogP contribution >= 0.6 is 0 Å². The summed E-state index contributed by atoms with van der Waals surface area (Å²) in [5.41, 5.74) is 0.571. The minimum absolute atomic E-state index is 0.141. The minimum atomic E-state index is -0.590. The van der Waals surface area contributed by atoms with Gasteiger partial charge < -0.3 is 4.74 Å². The average Bonchev–Trinajstić information content (AvgIpc) is 2.17. The number of methoxy groups -OCH3 is 1. The van der Waals surface area contributed by atoms with Crippen molar-refractivity contribution in [2.24, 2.45) is 0 Å². The maximum Gasteiger partial charge on any atom is 0.165 e. The molecule has 13 heavy (non-hydrogen) atoms. The highest BCUT2D eigenvalue weighted by Gasteiger charge is 2.40. The summed E-state index contributed by atoms with van der Waals surface area (Å²) in [6, 6.07) is 0. The molecule has 0 saturated heterocycles. The standard InChI is InChI=1S/C11H18O2/c1-4-10-7-5-6-8-11(10,13-3)9(2)12/h4H,5-8H2,1-3H3. The maximum absolute atomic E-state index is 11.6. The fourth-order valence-corrected chi connectivity index (χ4v) is 2.21. The second-order valence-corrected chi connectivity index (χ2v) is 3.61. The van der Waals surface area contributed by atoms with E-state index in [1.807, 2.05) is 13.0 Å². The Morgan fingerprint density at radius 1 is 1.54 bits per heavy atom. The summed E-state index contributed by atoms with van der Waals surface area (Å²) in [6.07, 6.45) is 6.15. The van der Waals surface area contributed by atoms with Crippen LogP contribution in [0, 0.1) is 0 Å². The fourth-order valence-electron chi connectivity index (χ4n) is 2.21. The van der Waals surface area contributed by atoms with Crippen LogP contribution in [0.3, 0.4) is 0 Å². The minimum Gasteiger partial charge on any atom is -0.366 e. The number of hydrogen-bond donors (Lipinski definition) is 0. The van der Waals surface area contributed by atoms with E-state index in [4.69, 9.17) is 4.74 Å². The van der Waals surface area contributed by atoms with Gasteiger partial charge in [-0.2, -0.15) is 0 Å². The molecule has 74 valence electrons. The Morgan fingerprint density at radius 2 is 2.23 bits per heavy atom. The van der Waals surface area contributed by atoms with Crippen LogP contribution in [0.4, 0.5) is 0 Å². The van der Waals surface area contributed by atoms with Gasteiger partial charge in [-0.3, -0.25) is 4.79 Å². The normalized spacial score (nSPS) is 32.1. The van der Waals surface area contributed by atoms with Gasteiger partial charge in [0.1, 0.15) is 5.60 Å². The van der Waals surface area contributed by atoms with Crippen molar-refractivity contribution in [1.82, 2.24) is 0 Å². The van der Waals surface area contributed by atoms with E-state index in [1.165, 1.54) is 6.42 Å². The predicted molar refractivity (Wildman–Crippen MR) is 52.6 cm³/mol. The molecule has 1 aliphatic carbocycles. The largest absolute Gasteiger partial charge is 0.366 e. The van der Waals surface area contributed by atoms with Gasteiger partial charge in [0.25, 0.3) is 0 Å². The Morgan fingerprint density at radius 3 is 2.62 bits per heavy atom. The first kappa shape index (κ1) is 10.5. The van der Waals surface area contributed by atoms with Crippen molar-refractivity contribution >= 4 is 5.78 Å². The van der Waals surface area contributed by atoms with Gasteiger partial charge in [0, 0.05) is 7.11 Å². The zero-order chi connectivity index (χ0) is 9.90. The van der Waals surface area contributed by atoms with Crippen molar-refractivity contribution in [3.05, 3.63) is 11.6 Å². The molecule has 0 spiro atoms. The van der Waals surface area contributed by atoms with E-state index in [2.05, 4.69) is 0 Å². The highest BCUT2D eigenvalue weighted by Crippen LogP contribution is 2.36. The molecule has 0 aromatic carbocycles. The molecule has 0 aromatic rings. The number of ketones is 1. The first-order valence-electron chi connectivity index (χ1n) is 4.89. The van der Waals surface area contributed by atoms with Gasteiger partial charge in [0.05, 0.1) is 0 Å². The first-order valence-corrected chi connectivity index (χ1v) is 4.89. The first-order chi connectivity index (χ1) is 6.17. The van der Waals surface area contributed by atoms with Crippen LogP contribution < -0.4 is 0 Å². The van der Waals surface area contributed by atoms with Gasteiger partial charge in [-0.05, 0) is 45.1 Å². The maximum atomic E-state index is 11.6. The molecule has 1 atom stereocenters. The second-order valence-electron chi connectivity index (χ2n) is 3.61. The third kappa shape index (κ3) is 1.68. The summed E-state index contributed by atoms with van der Waals surface area (Å²) in [7, 11) is 1.64. The number of ether oxygens (including phenoxy) is 1. The van der Waals surface area contributed by atoms with Gasteiger partial charge in [0.2, 0.25) is 0 Å². The van der Waals surface area contributed by atoms with E-state index in [1.54, 1.807) is 14.0 Å². The lowest BCUT2D eigenvalue weighted by Crippen LogP contribution is -2.43. The van der Waals surface area contributed by atoms with Crippen molar-refractivity contribution in [1.29, 1.82) is 0 Å². The summed E-state index contributed by atoms with van der Waals surface area (Å²) in [5, 5.41) is 0. The highest BCUT2D eigenvalue weighted by atomic mass is 16.5. The highest BCUT2D eigenvalue weighted by molar-refractivity contribution is 5.88. The monoisotopic (exact) mass is 182 g/mol. The van der Waals surface area contributed by atoms with E-state index >= 15 is 0 Å². The smallest absolute Gasteiger partial charge is 0.165 e. The van der Waals surface area contributed by atoms with Gasteiger partial charge in [-0.15, -0.1) is 0 Å². The number of rotatable bonds is 2. The molecule has 1 saturated carbocycles. The van der Waals surface area contributed by atoms with Crippen LogP contribution in [0.5, 0.6) is 0 Å². The van der Waals surface area contributed by atoms with Crippen molar-refractivity contribution in [3.8, 4) is 0 Å². The topological polar surface area (TPSA) is 26.3 Å². The van der Waals surface area contributed by atoms with Gasteiger partial charge >= 0.3 is 0 Å². The molecule has 1 fully saturated rings. The predicted octanol–water partition coefficient (Wildman–Crippen LogP) is 2.48. The molecular formula is C11H18O2. The number of allylic oxidation sites excluding steroid dienone is 1. The second kappa shape index (κ2) is 4.05. The number of carbonyl (C=O) groups is 1. The zero-order valence-corrected chi connectivity index (χ0v) is 8.72. The Bertz CT molecular complexity index is 230. The lowest BCUT2D eigenvalue weighted by molar-refractivity contribution is -0.136. The molecule has 1 aliphatic rings. The summed E-state index contributed by atoms with van der Waals surface area (Å²) in [5.74, 6) is 0.141. The fraction of sp³-hybridized carbons (Fsp3) is 0.727. The van der Waals surface area contributed by atoms with Crippen LogP contribution in [0.1, 0.15) is 39.5 Å². The molecule has 0 radical (unpaired) electrons. The SMILES string of the molecule is CC=C1CCCCC1(OC)C(C)=O.